The molecule has 1 aliphatic rings. The topological polar surface area (TPSA) is 105 Å². The summed E-state index contributed by atoms with van der Waals surface area (Å²) >= 11 is 0. The van der Waals surface area contributed by atoms with Crippen LogP contribution in [0.4, 0.5) is 5.69 Å². The number of nitro groups is 1. The summed E-state index contributed by atoms with van der Waals surface area (Å²) in [6, 6.07) is 8.81. The molecule has 0 unspecified atom stereocenters. The van der Waals surface area contributed by atoms with E-state index >= 15 is 0 Å². The Labute approximate surface area is 141 Å². The second kappa shape index (κ2) is 5.20. The van der Waals surface area contributed by atoms with Crippen LogP contribution >= 0.6 is 0 Å². The minimum Gasteiger partial charge on any atom is -0.508 e. The van der Waals surface area contributed by atoms with E-state index in [0.717, 1.165) is 11.2 Å². The summed E-state index contributed by atoms with van der Waals surface area (Å²) in [6.07, 6.45) is 1.57. The second-order valence-electron chi connectivity index (χ2n) is 5.77. The number of carbonyl (C=O) groups is 1. The number of carbonyl (C=O) groups excluding carboxylic acids is 1. The van der Waals surface area contributed by atoms with Gasteiger partial charge in [-0.2, -0.15) is 0 Å². The van der Waals surface area contributed by atoms with Crippen LogP contribution in [0.15, 0.2) is 42.2 Å². The van der Waals surface area contributed by atoms with E-state index in [1.54, 1.807) is 12.1 Å². The van der Waals surface area contributed by atoms with Gasteiger partial charge in [0.25, 0.3) is 5.69 Å². The molecule has 7 heteroatoms. The molecule has 2 aromatic carbocycles. The van der Waals surface area contributed by atoms with Crippen molar-refractivity contribution in [3.05, 3.63) is 69.1 Å². The van der Waals surface area contributed by atoms with Crippen LogP contribution in [0, 0.1) is 17.0 Å². The Bertz CT molecular complexity index is 1090. The second-order valence-corrected chi connectivity index (χ2v) is 5.77. The van der Waals surface area contributed by atoms with Crippen molar-refractivity contribution < 1.29 is 19.6 Å². The van der Waals surface area contributed by atoms with E-state index in [-0.39, 0.29) is 23.0 Å². The van der Waals surface area contributed by atoms with E-state index < -0.39 is 4.92 Å². The van der Waals surface area contributed by atoms with Gasteiger partial charge in [0.15, 0.2) is 5.76 Å². The lowest BCUT2D eigenvalue weighted by atomic mass is 10.1. The van der Waals surface area contributed by atoms with Gasteiger partial charge in [0.1, 0.15) is 11.5 Å². The maximum atomic E-state index is 12.5. The monoisotopic (exact) mass is 336 g/mol. The van der Waals surface area contributed by atoms with E-state index in [9.17, 15) is 20.0 Å². The number of phenols is 1. The molecule has 1 aliphatic heterocycles. The summed E-state index contributed by atoms with van der Waals surface area (Å²) in [6.45, 7) is 1.82. The fraction of sp³-hybridized carbons (Fsp3) is 0.0556. The number of Topliss-reactive ketones (excluding diaryl/α,β-unsaturated/α-hetero) is 1. The van der Waals surface area contributed by atoms with Gasteiger partial charge >= 0.3 is 0 Å². The molecule has 0 atom stereocenters. The minimum absolute atomic E-state index is 0.00620. The maximum Gasteiger partial charge on any atom is 0.270 e. The number of aryl methyl sites for hydroxylation is 1. The van der Waals surface area contributed by atoms with E-state index in [1.807, 2.05) is 6.92 Å². The number of nitrogens with one attached hydrogen (secondary N) is 1. The van der Waals surface area contributed by atoms with Gasteiger partial charge in [0.05, 0.1) is 10.5 Å². The quantitative estimate of drug-likeness (QED) is 0.421. The Morgan fingerprint density at radius 2 is 2.04 bits per heavy atom. The van der Waals surface area contributed by atoms with Gasteiger partial charge in [-0.1, -0.05) is 0 Å². The third-order valence-corrected chi connectivity index (χ3v) is 4.16. The molecule has 1 aromatic heterocycles. The molecule has 4 rings (SSSR count). The van der Waals surface area contributed by atoms with E-state index in [2.05, 4.69) is 4.98 Å². The molecule has 3 aromatic rings. The Hall–Kier alpha value is -3.61. The Morgan fingerprint density at radius 3 is 2.80 bits per heavy atom. The lowest BCUT2D eigenvalue weighted by Gasteiger charge is -1.99. The number of hydrogen-bond acceptors (Lipinski definition) is 5. The third-order valence-electron chi connectivity index (χ3n) is 4.16. The summed E-state index contributed by atoms with van der Waals surface area (Å²) in [5.74, 6) is 0.108. The Balaban J connectivity index is 1.84. The van der Waals surface area contributed by atoms with Crippen molar-refractivity contribution in [2.45, 2.75) is 6.92 Å². The van der Waals surface area contributed by atoms with Crippen molar-refractivity contribution in [2.24, 2.45) is 0 Å². The fourth-order valence-electron chi connectivity index (χ4n) is 2.94. The molecule has 0 bridgehead atoms. The average molecular weight is 336 g/mol. The van der Waals surface area contributed by atoms with Gasteiger partial charge in [-0.05, 0) is 31.2 Å². The minimum atomic E-state index is -0.464. The lowest BCUT2D eigenvalue weighted by molar-refractivity contribution is -0.384. The predicted octanol–water partition coefficient (Wildman–Crippen LogP) is 3.71. The van der Waals surface area contributed by atoms with Crippen LogP contribution in [-0.2, 0) is 0 Å². The number of ether oxygens (including phenoxy) is 1. The zero-order valence-corrected chi connectivity index (χ0v) is 13.1. The highest BCUT2D eigenvalue weighted by molar-refractivity contribution is 6.15. The summed E-state index contributed by atoms with van der Waals surface area (Å²) < 4.78 is 5.56. The third kappa shape index (κ3) is 2.33. The highest BCUT2D eigenvalue weighted by Gasteiger charge is 2.28. The van der Waals surface area contributed by atoms with Crippen molar-refractivity contribution in [2.75, 3.05) is 0 Å². The number of non-ortho nitro benzene ring substituents is 1. The number of benzene rings is 2. The van der Waals surface area contributed by atoms with Gasteiger partial charge in [-0.3, -0.25) is 14.9 Å². The van der Waals surface area contributed by atoms with Crippen molar-refractivity contribution in [1.29, 1.82) is 0 Å². The number of nitrogens with zero attached hydrogens (tertiary/aromatic N) is 1. The van der Waals surface area contributed by atoms with Crippen LogP contribution in [0.25, 0.3) is 17.0 Å². The zero-order valence-electron chi connectivity index (χ0n) is 13.1. The molecular formula is C18H12N2O5. The molecule has 2 heterocycles. The Morgan fingerprint density at radius 1 is 1.24 bits per heavy atom. The summed E-state index contributed by atoms with van der Waals surface area (Å²) in [5, 5.41) is 21.2. The highest BCUT2D eigenvalue weighted by Crippen LogP contribution is 2.36. The van der Waals surface area contributed by atoms with Crippen molar-refractivity contribution >= 4 is 28.4 Å². The number of nitro benzene ring substituents is 1. The van der Waals surface area contributed by atoms with E-state index in [1.165, 1.54) is 30.3 Å². The molecule has 7 nitrogen and oxygen atoms in total. The number of aromatic nitrogens is 1. The summed E-state index contributed by atoms with van der Waals surface area (Å²) in [4.78, 5) is 26.2. The first-order valence-corrected chi connectivity index (χ1v) is 7.48. The molecule has 0 spiro atoms. The molecule has 0 fully saturated rings. The van der Waals surface area contributed by atoms with Crippen LogP contribution in [0.1, 0.15) is 21.6 Å². The Kier molecular flexibility index (Phi) is 3.11. The molecule has 0 saturated carbocycles. The summed E-state index contributed by atoms with van der Waals surface area (Å²) in [5.41, 5.74) is 2.48. The SMILES string of the molecule is Cc1[nH]c2ccc([N+](=O)[O-])cc2c1/C=C1\Oc2cc(O)ccc2C1=O. The van der Waals surface area contributed by atoms with E-state index in [4.69, 9.17) is 4.74 Å². The number of phenolic OH excluding ortho intramolecular Hbond substituents is 1. The number of aromatic amines is 1. The van der Waals surface area contributed by atoms with Crippen molar-refractivity contribution in [3.8, 4) is 11.5 Å². The number of hydrogen-bond donors (Lipinski definition) is 2. The number of ketones is 1. The first kappa shape index (κ1) is 14.9. The van der Waals surface area contributed by atoms with Crippen molar-refractivity contribution in [3.63, 3.8) is 0 Å². The number of fused-ring (bicyclic) bond motifs is 2. The van der Waals surface area contributed by atoms with Gasteiger partial charge in [-0.15, -0.1) is 0 Å². The first-order valence-electron chi connectivity index (χ1n) is 7.48. The molecule has 0 saturated heterocycles. The van der Waals surface area contributed by atoms with Crippen LogP contribution in [0.2, 0.25) is 0 Å². The van der Waals surface area contributed by atoms with Crippen LogP contribution in [0.3, 0.4) is 0 Å². The van der Waals surface area contributed by atoms with Crippen LogP contribution < -0.4 is 4.74 Å². The average Bonchev–Trinajstić information content (AvgIpc) is 3.04. The summed E-state index contributed by atoms with van der Waals surface area (Å²) in [7, 11) is 0. The normalized spacial score (nSPS) is 14.8. The lowest BCUT2D eigenvalue weighted by Crippen LogP contribution is -1.98. The van der Waals surface area contributed by atoms with Crippen molar-refractivity contribution in [1.82, 2.24) is 4.98 Å². The van der Waals surface area contributed by atoms with Gasteiger partial charge in [-0.25, -0.2) is 0 Å². The van der Waals surface area contributed by atoms with E-state index in [0.29, 0.717) is 22.3 Å². The number of H-pyrrole nitrogens is 1. The maximum absolute atomic E-state index is 12.5. The molecule has 0 radical (unpaired) electrons. The van der Waals surface area contributed by atoms with Crippen LogP contribution in [0.5, 0.6) is 11.5 Å². The standard InChI is InChI=1S/C18H12N2O5/c1-9-13(14-6-10(20(23)24)2-5-15(14)19-9)8-17-18(22)12-4-3-11(21)7-16(12)25-17/h2-8,19,21H,1H3/b17-8-. The molecule has 25 heavy (non-hydrogen) atoms. The molecule has 124 valence electrons. The number of allylic oxidation sites excluding steroid dienone is 1. The van der Waals surface area contributed by atoms with Gasteiger partial charge < -0.3 is 14.8 Å². The molecule has 0 aliphatic carbocycles. The molecule has 2 N–H and O–H groups in total. The fourth-order valence-corrected chi connectivity index (χ4v) is 2.94. The first-order chi connectivity index (χ1) is 11.9. The predicted molar refractivity (Wildman–Crippen MR) is 90.7 cm³/mol. The smallest absolute Gasteiger partial charge is 0.270 e. The van der Waals surface area contributed by atoms with Gasteiger partial charge in [0.2, 0.25) is 5.78 Å². The number of rotatable bonds is 2. The number of aromatic hydroxyl groups is 1. The molecular weight excluding hydrogens is 324 g/mol. The highest BCUT2D eigenvalue weighted by atomic mass is 16.6. The largest absolute Gasteiger partial charge is 0.508 e. The zero-order chi connectivity index (χ0) is 17.7. The van der Waals surface area contributed by atoms with Crippen LogP contribution in [-0.4, -0.2) is 20.8 Å². The molecule has 0 amide bonds. The van der Waals surface area contributed by atoms with Gasteiger partial charge in [0, 0.05) is 40.4 Å².